The summed E-state index contributed by atoms with van der Waals surface area (Å²) in [4.78, 5) is 15.9. The highest BCUT2D eigenvalue weighted by Gasteiger charge is 2.13. The van der Waals surface area contributed by atoms with E-state index in [1.54, 1.807) is 12.3 Å². The average molecular weight is 216 g/mol. The zero-order valence-electron chi connectivity index (χ0n) is 9.15. The van der Waals surface area contributed by atoms with E-state index in [0.29, 0.717) is 11.6 Å². The molecule has 2 aromatic heterocycles. The fraction of sp³-hybridized carbons (Fsp3) is 0.167. The highest BCUT2D eigenvalue weighted by atomic mass is 16.3. The molecule has 0 spiro atoms. The minimum atomic E-state index is -0.274. The number of anilines is 1. The van der Waals surface area contributed by atoms with Crippen LogP contribution in [0.25, 0.3) is 0 Å². The largest absolute Gasteiger partial charge is 0.459 e. The first-order chi connectivity index (χ1) is 7.68. The van der Waals surface area contributed by atoms with Crippen molar-refractivity contribution in [3.63, 3.8) is 0 Å². The number of nitrogens with one attached hydrogen (secondary N) is 1. The third-order valence-electron chi connectivity index (χ3n) is 2.31. The van der Waals surface area contributed by atoms with Crippen molar-refractivity contribution < 1.29 is 9.21 Å². The van der Waals surface area contributed by atoms with Gasteiger partial charge in [0, 0.05) is 11.8 Å². The van der Waals surface area contributed by atoms with Crippen molar-refractivity contribution in [1.82, 2.24) is 4.98 Å². The Morgan fingerprint density at radius 2 is 2.12 bits per heavy atom. The second-order valence-corrected chi connectivity index (χ2v) is 3.56. The molecule has 0 saturated heterocycles. The van der Waals surface area contributed by atoms with Crippen LogP contribution in [0.4, 0.5) is 5.82 Å². The number of nitrogens with zero attached hydrogens (tertiary/aromatic N) is 1. The van der Waals surface area contributed by atoms with E-state index >= 15 is 0 Å². The van der Waals surface area contributed by atoms with Gasteiger partial charge >= 0.3 is 0 Å². The molecule has 4 nitrogen and oxygen atoms in total. The first-order valence-corrected chi connectivity index (χ1v) is 4.95. The molecule has 0 saturated carbocycles. The third-order valence-corrected chi connectivity index (χ3v) is 2.31. The van der Waals surface area contributed by atoms with Crippen LogP contribution < -0.4 is 5.32 Å². The van der Waals surface area contributed by atoms with E-state index in [2.05, 4.69) is 10.3 Å². The molecule has 2 heterocycles. The summed E-state index contributed by atoms with van der Waals surface area (Å²) in [5.74, 6) is 0.609. The van der Waals surface area contributed by atoms with Crippen molar-refractivity contribution in [2.75, 3.05) is 5.32 Å². The first-order valence-electron chi connectivity index (χ1n) is 4.95. The van der Waals surface area contributed by atoms with E-state index in [9.17, 15) is 4.79 Å². The van der Waals surface area contributed by atoms with E-state index in [0.717, 1.165) is 11.1 Å². The monoisotopic (exact) mass is 216 g/mol. The average Bonchev–Trinajstić information content (AvgIpc) is 2.68. The van der Waals surface area contributed by atoms with E-state index in [4.69, 9.17) is 4.42 Å². The fourth-order valence-corrected chi connectivity index (χ4v) is 1.39. The quantitative estimate of drug-likeness (QED) is 0.839. The Labute approximate surface area is 93.3 Å². The van der Waals surface area contributed by atoms with Crippen molar-refractivity contribution in [3.8, 4) is 0 Å². The molecule has 0 atom stereocenters. The molecule has 0 unspecified atom stereocenters. The normalized spacial score (nSPS) is 10.1. The van der Waals surface area contributed by atoms with Gasteiger partial charge in [0.25, 0.3) is 5.91 Å². The van der Waals surface area contributed by atoms with Crippen LogP contribution in [0.15, 0.2) is 35.1 Å². The standard InChI is InChI=1S/C12H12N2O2/c1-8-5-7-16-10(8)12(15)14-11-9(2)4-3-6-13-11/h3-7H,1-2H3,(H,13,14,15). The van der Waals surface area contributed by atoms with Gasteiger partial charge in [0.05, 0.1) is 6.26 Å². The summed E-state index contributed by atoms with van der Waals surface area (Å²) in [6, 6.07) is 5.46. The van der Waals surface area contributed by atoms with Gasteiger partial charge in [0.15, 0.2) is 5.76 Å². The van der Waals surface area contributed by atoms with E-state index in [1.165, 1.54) is 6.26 Å². The molecule has 2 aromatic rings. The summed E-state index contributed by atoms with van der Waals surface area (Å²) in [6.45, 7) is 3.71. The molecule has 0 aliphatic heterocycles. The maximum Gasteiger partial charge on any atom is 0.292 e. The lowest BCUT2D eigenvalue weighted by molar-refractivity contribution is 0.0995. The molecular formula is C12H12N2O2. The van der Waals surface area contributed by atoms with Crippen molar-refractivity contribution in [2.24, 2.45) is 0 Å². The van der Waals surface area contributed by atoms with E-state index in [1.807, 2.05) is 26.0 Å². The van der Waals surface area contributed by atoms with Gasteiger partial charge in [0.1, 0.15) is 5.82 Å². The molecule has 2 rings (SSSR count). The number of aryl methyl sites for hydroxylation is 2. The maximum atomic E-state index is 11.8. The van der Waals surface area contributed by atoms with Crippen LogP contribution >= 0.6 is 0 Å². The summed E-state index contributed by atoms with van der Waals surface area (Å²) in [5, 5.41) is 2.71. The number of amides is 1. The molecule has 0 radical (unpaired) electrons. The Kier molecular flexibility index (Phi) is 2.72. The van der Waals surface area contributed by atoms with Crippen LogP contribution in [-0.2, 0) is 0 Å². The SMILES string of the molecule is Cc1cccnc1NC(=O)c1occc1C. The van der Waals surface area contributed by atoms with Gasteiger partial charge in [0.2, 0.25) is 0 Å². The highest BCUT2D eigenvalue weighted by molar-refractivity contribution is 6.02. The Morgan fingerprint density at radius 1 is 1.31 bits per heavy atom. The molecule has 4 heteroatoms. The number of furan rings is 1. The molecule has 1 N–H and O–H groups in total. The highest BCUT2D eigenvalue weighted by Crippen LogP contribution is 2.14. The van der Waals surface area contributed by atoms with Crippen LogP contribution in [0.2, 0.25) is 0 Å². The molecule has 0 aliphatic rings. The molecule has 16 heavy (non-hydrogen) atoms. The van der Waals surface area contributed by atoms with Crippen molar-refractivity contribution in [2.45, 2.75) is 13.8 Å². The number of rotatable bonds is 2. The number of pyridine rings is 1. The Hall–Kier alpha value is -2.10. The number of aromatic nitrogens is 1. The van der Waals surface area contributed by atoms with Gasteiger partial charge < -0.3 is 9.73 Å². The van der Waals surface area contributed by atoms with E-state index < -0.39 is 0 Å². The third kappa shape index (κ3) is 1.95. The van der Waals surface area contributed by atoms with Crippen LogP contribution in [0.5, 0.6) is 0 Å². The van der Waals surface area contributed by atoms with Gasteiger partial charge in [-0.25, -0.2) is 4.98 Å². The van der Waals surface area contributed by atoms with Crippen molar-refractivity contribution >= 4 is 11.7 Å². The number of carbonyl (C=O) groups excluding carboxylic acids is 1. The second-order valence-electron chi connectivity index (χ2n) is 3.56. The van der Waals surface area contributed by atoms with Crippen molar-refractivity contribution in [1.29, 1.82) is 0 Å². The zero-order chi connectivity index (χ0) is 11.5. The smallest absolute Gasteiger partial charge is 0.292 e. The zero-order valence-corrected chi connectivity index (χ0v) is 9.15. The van der Waals surface area contributed by atoms with Crippen LogP contribution in [0.1, 0.15) is 21.7 Å². The van der Waals surface area contributed by atoms with Gasteiger partial charge in [-0.2, -0.15) is 0 Å². The minimum Gasteiger partial charge on any atom is -0.459 e. The predicted octanol–water partition coefficient (Wildman–Crippen LogP) is 2.54. The number of hydrogen-bond donors (Lipinski definition) is 1. The van der Waals surface area contributed by atoms with Gasteiger partial charge in [-0.05, 0) is 31.5 Å². The van der Waals surface area contributed by atoms with Crippen LogP contribution in [0.3, 0.4) is 0 Å². The van der Waals surface area contributed by atoms with Gasteiger partial charge in [-0.1, -0.05) is 6.07 Å². The molecule has 0 fully saturated rings. The van der Waals surface area contributed by atoms with Crippen molar-refractivity contribution in [3.05, 3.63) is 47.5 Å². The van der Waals surface area contributed by atoms with E-state index in [-0.39, 0.29) is 5.91 Å². The van der Waals surface area contributed by atoms with Gasteiger partial charge in [-0.3, -0.25) is 4.79 Å². The number of carbonyl (C=O) groups is 1. The fourth-order valence-electron chi connectivity index (χ4n) is 1.39. The lowest BCUT2D eigenvalue weighted by Crippen LogP contribution is -2.13. The van der Waals surface area contributed by atoms with Gasteiger partial charge in [-0.15, -0.1) is 0 Å². The Morgan fingerprint density at radius 3 is 2.75 bits per heavy atom. The van der Waals surface area contributed by atoms with Crippen LogP contribution in [0, 0.1) is 13.8 Å². The molecule has 0 bridgehead atoms. The summed E-state index contributed by atoms with van der Waals surface area (Å²) >= 11 is 0. The molecular weight excluding hydrogens is 204 g/mol. The second kappa shape index (κ2) is 4.18. The predicted molar refractivity (Wildman–Crippen MR) is 60.4 cm³/mol. The van der Waals surface area contributed by atoms with Crippen LogP contribution in [-0.4, -0.2) is 10.9 Å². The molecule has 0 aromatic carbocycles. The molecule has 82 valence electrons. The first kappa shape index (κ1) is 10.4. The topological polar surface area (TPSA) is 55.1 Å². The summed E-state index contributed by atoms with van der Waals surface area (Å²) < 4.78 is 5.10. The Balaban J connectivity index is 2.21. The lowest BCUT2D eigenvalue weighted by atomic mass is 10.2. The minimum absolute atomic E-state index is 0.274. The maximum absolute atomic E-state index is 11.8. The Bertz CT molecular complexity index is 517. The number of hydrogen-bond acceptors (Lipinski definition) is 3. The summed E-state index contributed by atoms with van der Waals surface area (Å²) in [6.07, 6.45) is 3.13. The summed E-state index contributed by atoms with van der Waals surface area (Å²) in [7, 11) is 0. The lowest BCUT2D eigenvalue weighted by Gasteiger charge is -2.05. The molecule has 0 aliphatic carbocycles. The molecule has 1 amide bonds. The summed E-state index contributed by atoms with van der Waals surface area (Å²) in [5.41, 5.74) is 1.73.